The second kappa shape index (κ2) is 10.9. The van der Waals surface area contributed by atoms with Crippen LogP contribution in [0.3, 0.4) is 0 Å². The maximum atomic E-state index is 8.43. The van der Waals surface area contributed by atoms with E-state index in [1.807, 2.05) is 18.2 Å². The average molecular weight is 322 g/mol. The molecule has 1 saturated carbocycles. The van der Waals surface area contributed by atoms with Crippen molar-refractivity contribution in [2.45, 2.75) is 70.6 Å². The van der Waals surface area contributed by atoms with Gasteiger partial charge in [-0.15, -0.1) is 0 Å². The van der Waals surface area contributed by atoms with Crippen molar-refractivity contribution < 1.29 is 0 Å². The van der Waals surface area contributed by atoms with Gasteiger partial charge in [0.25, 0.3) is 0 Å². The molecule has 1 aliphatic carbocycles. The number of hydrogen-bond acceptors (Lipinski definition) is 1. The molecule has 1 aliphatic rings. The van der Waals surface area contributed by atoms with Crippen LogP contribution < -0.4 is 0 Å². The van der Waals surface area contributed by atoms with Crippen molar-refractivity contribution in [1.82, 2.24) is 0 Å². The number of hydrogen-bond donors (Lipinski definition) is 0. The van der Waals surface area contributed by atoms with Gasteiger partial charge in [-0.05, 0) is 74.3 Å². The van der Waals surface area contributed by atoms with Crippen molar-refractivity contribution in [2.24, 2.45) is 5.92 Å². The number of benzene rings is 1. The van der Waals surface area contributed by atoms with Gasteiger partial charge >= 0.3 is 0 Å². The molecule has 0 amide bonds. The van der Waals surface area contributed by atoms with Gasteiger partial charge in [-0.3, -0.25) is 0 Å². The molecule has 0 atom stereocenters. The van der Waals surface area contributed by atoms with Crippen LogP contribution in [0.25, 0.3) is 0 Å². The van der Waals surface area contributed by atoms with Crippen LogP contribution in [0.5, 0.6) is 0 Å². The van der Waals surface area contributed by atoms with E-state index in [4.69, 9.17) is 5.26 Å². The molecule has 0 spiro atoms. The zero-order valence-electron chi connectivity index (χ0n) is 15.1. The van der Waals surface area contributed by atoms with Crippen molar-refractivity contribution in [3.05, 3.63) is 59.7 Å². The molecular formula is C23H31N. The molecule has 0 bridgehead atoms. The zero-order chi connectivity index (χ0) is 17.0. The maximum absolute atomic E-state index is 8.43. The molecule has 128 valence electrons. The summed E-state index contributed by atoms with van der Waals surface area (Å²) in [5.41, 5.74) is 3.04. The van der Waals surface area contributed by atoms with Crippen molar-refractivity contribution >= 4 is 0 Å². The lowest BCUT2D eigenvalue weighted by Crippen LogP contribution is -2.13. The van der Waals surface area contributed by atoms with Crippen LogP contribution in [0.4, 0.5) is 0 Å². The molecule has 0 saturated heterocycles. The first-order valence-electron chi connectivity index (χ1n) is 9.63. The van der Waals surface area contributed by atoms with E-state index in [1.165, 1.54) is 63.0 Å². The second-order valence-corrected chi connectivity index (χ2v) is 7.06. The highest BCUT2D eigenvalue weighted by molar-refractivity contribution is 5.26. The summed E-state index contributed by atoms with van der Waals surface area (Å²) < 4.78 is 0. The van der Waals surface area contributed by atoms with Gasteiger partial charge in [0.05, 0.1) is 6.07 Å². The molecule has 0 aromatic heterocycles. The van der Waals surface area contributed by atoms with Gasteiger partial charge in [0.15, 0.2) is 0 Å². The fourth-order valence-electron chi connectivity index (χ4n) is 3.73. The lowest BCUT2D eigenvalue weighted by Gasteiger charge is -2.28. The Labute approximate surface area is 148 Å². The summed E-state index contributed by atoms with van der Waals surface area (Å²) in [6.45, 7) is 2.26. The zero-order valence-corrected chi connectivity index (χ0v) is 15.1. The SMILES string of the molecule is CCCCc1ccc([C@H]2CC[C@H](CCC=CC=CC#N)CC2)cc1. The summed E-state index contributed by atoms with van der Waals surface area (Å²) in [7, 11) is 0. The molecule has 0 radical (unpaired) electrons. The van der Waals surface area contributed by atoms with Gasteiger partial charge in [0.2, 0.25) is 0 Å². The Morgan fingerprint density at radius 3 is 2.50 bits per heavy atom. The Morgan fingerprint density at radius 2 is 1.83 bits per heavy atom. The first-order valence-corrected chi connectivity index (χ1v) is 9.63. The lowest BCUT2D eigenvalue weighted by atomic mass is 9.77. The number of unbranched alkanes of at least 4 members (excludes halogenated alkanes) is 1. The van der Waals surface area contributed by atoms with Crippen molar-refractivity contribution in [3.8, 4) is 6.07 Å². The summed E-state index contributed by atoms with van der Waals surface area (Å²) in [6, 6.07) is 11.4. The van der Waals surface area contributed by atoms with Crippen LogP contribution in [-0.4, -0.2) is 0 Å². The normalized spacial score (nSPS) is 21.3. The topological polar surface area (TPSA) is 23.8 Å². The summed E-state index contributed by atoms with van der Waals surface area (Å²) in [6.07, 6.45) is 19.2. The van der Waals surface area contributed by atoms with Crippen LogP contribution in [0.1, 0.15) is 75.3 Å². The Bertz CT molecular complexity index is 551. The minimum atomic E-state index is 0.774. The number of aryl methyl sites for hydroxylation is 1. The molecule has 1 heteroatoms. The van der Waals surface area contributed by atoms with Gasteiger partial charge in [0, 0.05) is 6.08 Å². The predicted octanol–water partition coefficient (Wildman–Crippen LogP) is 6.72. The van der Waals surface area contributed by atoms with Gasteiger partial charge < -0.3 is 0 Å². The van der Waals surface area contributed by atoms with Crippen LogP contribution in [-0.2, 0) is 6.42 Å². The average Bonchev–Trinajstić information content (AvgIpc) is 2.64. The van der Waals surface area contributed by atoms with E-state index in [-0.39, 0.29) is 0 Å². The Balaban J connectivity index is 1.71. The third kappa shape index (κ3) is 6.36. The second-order valence-electron chi connectivity index (χ2n) is 7.06. The Morgan fingerprint density at radius 1 is 1.08 bits per heavy atom. The molecule has 0 unspecified atom stereocenters. The third-order valence-corrected chi connectivity index (χ3v) is 5.28. The predicted molar refractivity (Wildman–Crippen MR) is 103 cm³/mol. The fraction of sp³-hybridized carbons (Fsp3) is 0.522. The maximum Gasteiger partial charge on any atom is 0.0912 e. The molecule has 2 rings (SSSR count). The van der Waals surface area contributed by atoms with Crippen LogP contribution >= 0.6 is 0 Å². The van der Waals surface area contributed by atoms with Gasteiger partial charge in [-0.25, -0.2) is 0 Å². The van der Waals surface area contributed by atoms with Crippen LogP contribution in [0.2, 0.25) is 0 Å². The largest absolute Gasteiger partial charge is 0.193 e. The number of nitriles is 1. The highest BCUT2D eigenvalue weighted by atomic mass is 14.3. The van der Waals surface area contributed by atoms with E-state index in [0.717, 1.165) is 18.3 Å². The van der Waals surface area contributed by atoms with E-state index >= 15 is 0 Å². The summed E-state index contributed by atoms with van der Waals surface area (Å²) in [4.78, 5) is 0. The molecule has 1 fully saturated rings. The van der Waals surface area contributed by atoms with Crippen molar-refractivity contribution in [3.63, 3.8) is 0 Å². The first kappa shape index (κ1) is 18.5. The molecule has 24 heavy (non-hydrogen) atoms. The number of rotatable bonds is 8. The Hall–Kier alpha value is -1.81. The monoisotopic (exact) mass is 321 g/mol. The summed E-state index contributed by atoms with van der Waals surface area (Å²) >= 11 is 0. The highest BCUT2D eigenvalue weighted by Gasteiger charge is 2.21. The van der Waals surface area contributed by atoms with Crippen molar-refractivity contribution in [1.29, 1.82) is 5.26 Å². The molecule has 0 aliphatic heterocycles. The minimum absolute atomic E-state index is 0.774. The van der Waals surface area contributed by atoms with Crippen molar-refractivity contribution in [2.75, 3.05) is 0 Å². The van der Waals surface area contributed by atoms with Gasteiger partial charge in [0.1, 0.15) is 0 Å². The quantitative estimate of drug-likeness (QED) is 0.385. The summed E-state index contributed by atoms with van der Waals surface area (Å²) in [5, 5.41) is 8.43. The molecule has 0 heterocycles. The molecular weight excluding hydrogens is 290 g/mol. The van der Waals surface area contributed by atoms with Gasteiger partial charge in [-0.2, -0.15) is 5.26 Å². The highest BCUT2D eigenvalue weighted by Crippen LogP contribution is 2.37. The van der Waals surface area contributed by atoms with E-state index in [9.17, 15) is 0 Å². The van der Waals surface area contributed by atoms with E-state index in [1.54, 1.807) is 5.56 Å². The first-order chi connectivity index (χ1) is 11.8. The summed E-state index contributed by atoms with van der Waals surface area (Å²) in [5.74, 6) is 1.66. The molecule has 0 N–H and O–H groups in total. The number of allylic oxidation sites excluding steroid dienone is 4. The Kier molecular flexibility index (Phi) is 8.39. The van der Waals surface area contributed by atoms with E-state index in [2.05, 4.69) is 37.3 Å². The number of nitrogens with zero attached hydrogens (tertiary/aromatic N) is 1. The van der Waals surface area contributed by atoms with Crippen LogP contribution in [0, 0.1) is 17.2 Å². The fourth-order valence-corrected chi connectivity index (χ4v) is 3.73. The smallest absolute Gasteiger partial charge is 0.0912 e. The standard InChI is InChI=1S/C23H31N/c1-2-3-9-20-11-15-22(16-12-20)23-17-13-21(14-18-23)10-7-5-4-6-8-19-24/h4-6,8,11-12,15-16,21,23H,2-3,7,9-10,13-14,17-18H2,1H3/t21-,23-. The molecule has 1 nitrogen and oxygen atoms in total. The third-order valence-electron chi connectivity index (χ3n) is 5.28. The minimum Gasteiger partial charge on any atom is -0.193 e. The van der Waals surface area contributed by atoms with E-state index in [0.29, 0.717) is 0 Å². The molecule has 1 aromatic carbocycles. The van der Waals surface area contributed by atoms with E-state index < -0.39 is 0 Å². The van der Waals surface area contributed by atoms with Gasteiger partial charge in [-0.1, -0.05) is 55.8 Å². The lowest BCUT2D eigenvalue weighted by molar-refractivity contribution is 0.312. The molecule has 1 aromatic rings. The van der Waals surface area contributed by atoms with Crippen LogP contribution in [0.15, 0.2) is 48.6 Å².